The van der Waals surface area contributed by atoms with Crippen molar-refractivity contribution in [3.05, 3.63) is 53.2 Å². The van der Waals surface area contributed by atoms with Gasteiger partial charge < -0.3 is 4.42 Å². The van der Waals surface area contributed by atoms with Crippen molar-refractivity contribution in [1.82, 2.24) is 20.0 Å². The average molecular weight is 343 g/mol. The fourth-order valence-corrected chi connectivity index (χ4v) is 2.69. The van der Waals surface area contributed by atoms with Gasteiger partial charge in [0.2, 0.25) is 5.89 Å². The number of nitrogens with zero attached hydrogens (tertiary/aromatic N) is 4. The van der Waals surface area contributed by atoms with Crippen molar-refractivity contribution in [1.29, 1.82) is 0 Å². The molecule has 0 saturated heterocycles. The Labute approximate surface area is 143 Å². The van der Waals surface area contributed by atoms with Crippen LogP contribution in [0.25, 0.3) is 0 Å². The van der Waals surface area contributed by atoms with Gasteiger partial charge in [-0.15, -0.1) is 16.9 Å². The molecule has 7 nitrogen and oxygen atoms in total. The average Bonchev–Trinajstić information content (AvgIpc) is 3.14. The molecule has 2 heterocycles. The molecule has 0 saturated carbocycles. The third-order valence-electron chi connectivity index (χ3n) is 3.44. The first-order chi connectivity index (χ1) is 11.5. The number of carbonyl (C=O) groups excluding carboxylic acids is 1. The second-order valence-electron chi connectivity index (χ2n) is 5.27. The van der Waals surface area contributed by atoms with Crippen LogP contribution >= 0.6 is 11.8 Å². The van der Waals surface area contributed by atoms with E-state index in [4.69, 9.17) is 4.42 Å². The Balaban J connectivity index is 1.66. The lowest BCUT2D eigenvalue weighted by atomic mass is 10.1. The van der Waals surface area contributed by atoms with Crippen LogP contribution in [0.5, 0.6) is 0 Å². The lowest BCUT2D eigenvalue weighted by molar-refractivity contribution is 0.101. The van der Waals surface area contributed by atoms with Gasteiger partial charge in [-0.1, -0.05) is 17.2 Å². The van der Waals surface area contributed by atoms with Crippen LogP contribution in [0.4, 0.5) is 6.01 Å². The van der Waals surface area contributed by atoms with Crippen molar-refractivity contribution in [3.63, 3.8) is 0 Å². The normalized spacial score (nSPS) is 10.8. The summed E-state index contributed by atoms with van der Waals surface area (Å²) >= 11 is 1.69. The number of aromatic nitrogens is 4. The van der Waals surface area contributed by atoms with E-state index in [9.17, 15) is 4.79 Å². The van der Waals surface area contributed by atoms with E-state index in [-0.39, 0.29) is 11.9 Å². The molecule has 2 aromatic heterocycles. The third kappa shape index (κ3) is 3.65. The van der Waals surface area contributed by atoms with Gasteiger partial charge in [-0.25, -0.2) is 0 Å². The highest BCUT2D eigenvalue weighted by molar-refractivity contribution is 7.98. The minimum atomic E-state index is -0.336. The van der Waals surface area contributed by atoms with Gasteiger partial charge in [0.05, 0.1) is 12.1 Å². The van der Waals surface area contributed by atoms with Crippen molar-refractivity contribution in [2.24, 2.45) is 7.05 Å². The number of nitrogens with one attached hydrogen (secondary N) is 1. The Morgan fingerprint density at radius 2 is 2.04 bits per heavy atom. The summed E-state index contributed by atoms with van der Waals surface area (Å²) in [6.45, 7) is 1.82. The molecule has 0 aliphatic rings. The summed E-state index contributed by atoms with van der Waals surface area (Å²) in [5, 5.41) is 14.6. The van der Waals surface area contributed by atoms with Crippen LogP contribution < -0.4 is 5.32 Å². The van der Waals surface area contributed by atoms with E-state index in [0.29, 0.717) is 18.0 Å². The highest BCUT2D eigenvalue weighted by Crippen LogP contribution is 2.17. The Kier molecular flexibility index (Phi) is 4.66. The maximum absolute atomic E-state index is 12.2. The molecule has 0 bridgehead atoms. The van der Waals surface area contributed by atoms with Crippen molar-refractivity contribution in [3.8, 4) is 0 Å². The molecule has 0 spiro atoms. The highest BCUT2D eigenvalue weighted by Gasteiger charge is 2.15. The second kappa shape index (κ2) is 6.88. The summed E-state index contributed by atoms with van der Waals surface area (Å²) in [5.41, 5.74) is 2.26. The molecule has 1 N–H and O–H groups in total. The van der Waals surface area contributed by atoms with Gasteiger partial charge in [0.15, 0.2) is 0 Å². The summed E-state index contributed by atoms with van der Waals surface area (Å²) in [6, 6.07) is 9.90. The van der Waals surface area contributed by atoms with Crippen molar-refractivity contribution in [2.75, 3.05) is 11.6 Å². The smallest absolute Gasteiger partial charge is 0.322 e. The maximum atomic E-state index is 12.2. The minimum absolute atomic E-state index is 0.0783. The van der Waals surface area contributed by atoms with Gasteiger partial charge in [0.1, 0.15) is 5.69 Å². The highest BCUT2D eigenvalue weighted by atomic mass is 32.2. The van der Waals surface area contributed by atoms with Crippen LogP contribution in [0.15, 0.2) is 39.6 Å². The molecule has 0 aliphatic carbocycles. The van der Waals surface area contributed by atoms with Crippen LogP contribution in [-0.4, -0.2) is 32.1 Å². The topological polar surface area (TPSA) is 85.8 Å². The van der Waals surface area contributed by atoms with Gasteiger partial charge in [-0.05, 0) is 36.9 Å². The van der Waals surface area contributed by atoms with E-state index in [1.807, 2.05) is 37.4 Å². The number of hydrogen-bond acceptors (Lipinski definition) is 6. The summed E-state index contributed by atoms with van der Waals surface area (Å²) in [5.74, 6) is 0.112. The van der Waals surface area contributed by atoms with E-state index in [1.165, 1.54) is 9.58 Å². The molecule has 1 aromatic carbocycles. The standard InChI is InChI=1S/C16H17N5O2S/c1-10-8-13(21(2)20-10)15(22)17-16-19-18-14(23-16)9-11-4-6-12(24-3)7-5-11/h4-8H,9H2,1-3H3,(H,17,19,22). The minimum Gasteiger partial charge on any atom is -0.407 e. The zero-order chi connectivity index (χ0) is 17.1. The predicted molar refractivity (Wildman–Crippen MR) is 91.2 cm³/mol. The second-order valence-corrected chi connectivity index (χ2v) is 6.15. The zero-order valence-corrected chi connectivity index (χ0v) is 14.4. The summed E-state index contributed by atoms with van der Waals surface area (Å²) < 4.78 is 7.00. The number of aryl methyl sites for hydroxylation is 2. The summed E-state index contributed by atoms with van der Waals surface area (Å²) in [4.78, 5) is 13.4. The Bertz CT molecular complexity index is 854. The van der Waals surface area contributed by atoms with Crippen molar-refractivity contribution >= 4 is 23.7 Å². The fraction of sp³-hybridized carbons (Fsp3) is 0.250. The Morgan fingerprint density at radius 3 is 2.67 bits per heavy atom. The molecule has 0 radical (unpaired) electrons. The number of amides is 1. The monoisotopic (exact) mass is 343 g/mol. The molecule has 0 atom stereocenters. The van der Waals surface area contributed by atoms with Gasteiger partial charge in [-0.2, -0.15) is 5.10 Å². The molecule has 0 unspecified atom stereocenters. The SMILES string of the molecule is CSc1ccc(Cc2nnc(NC(=O)c3cc(C)nn3C)o2)cc1. The lowest BCUT2D eigenvalue weighted by Crippen LogP contribution is -2.16. The summed E-state index contributed by atoms with van der Waals surface area (Å²) in [7, 11) is 1.71. The molecule has 8 heteroatoms. The molecule has 3 aromatic rings. The van der Waals surface area contributed by atoms with Gasteiger partial charge in [-0.3, -0.25) is 14.8 Å². The van der Waals surface area contributed by atoms with Crippen LogP contribution in [0, 0.1) is 6.92 Å². The van der Waals surface area contributed by atoms with Crippen LogP contribution in [0.2, 0.25) is 0 Å². The molecule has 0 aliphatic heterocycles. The Morgan fingerprint density at radius 1 is 1.29 bits per heavy atom. The largest absolute Gasteiger partial charge is 0.407 e. The van der Waals surface area contributed by atoms with E-state index >= 15 is 0 Å². The van der Waals surface area contributed by atoms with E-state index in [2.05, 4.69) is 20.6 Å². The molecular formula is C16H17N5O2S. The third-order valence-corrected chi connectivity index (χ3v) is 4.18. The lowest BCUT2D eigenvalue weighted by Gasteiger charge is -2.00. The van der Waals surface area contributed by atoms with E-state index < -0.39 is 0 Å². The number of rotatable bonds is 5. The first kappa shape index (κ1) is 16.3. The number of benzene rings is 1. The van der Waals surface area contributed by atoms with E-state index in [0.717, 1.165) is 11.3 Å². The molecule has 1 amide bonds. The predicted octanol–water partition coefficient (Wildman–Crippen LogP) is 2.68. The van der Waals surface area contributed by atoms with Crippen LogP contribution in [-0.2, 0) is 13.5 Å². The van der Waals surface area contributed by atoms with Gasteiger partial charge in [0, 0.05) is 11.9 Å². The van der Waals surface area contributed by atoms with Gasteiger partial charge in [0.25, 0.3) is 5.91 Å². The number of carbonyl (C=O) groups is 1. The van der Waals surface area contributed by atoms with Gasteiger partial charge >= 0.3 is 6.01 Å². The first-order valence-electron chi connectivity index (χ1n) is 7.32. The van der Waals surface area contributed by atoms with Crippen molar-refractivity contribution in [2.45, 2.75) is 18.2 Å². The number of anilines is 1. The zero-order valence-electron chi connectivity index (χ0n) is 13.6. The molecule has 0 fully saturated rings. The molecule has 24 heavy (non-hydrogen) atoms. The number of thioether (sulfide) groups is 1. The van der Waals surface area contributed by atoms with Crippen LogP contribution in [0.3, 0.4) is 0 Å². The van der Waals surface area contributed by atoms with E-state index in [1.54, 1.807) is 24.9 Å². The Hall–Kier alpha value is -2.61. The van der Waals surface area contributed by atoms with Crippen molar-refractivity contribution < 1.29 is 9.21 Å². The van der Waals surface area contributed by atoms with Crippen LogP contribution in [0.1, 0.15) is 27.6 Å². The quantitative estimate of drug-likeness (QED) is 0.717. The summed E-state index contributed by atoms with van der Waals surface area (Å²) in [6.07, 6.45) is 2.55. The molecule has 124 valence electrons. The molecular weight excluding hydrogens is 326 g/mol. The first-order valence-corrected chi connectivity index (χ1v) is 8.55. The number of hydrogen-bond donors (Lipinski definition) is 1. The molecule has 3 rings (SSSR count). The maximum Gasteiger partial charge on any atom is 0.322 e. The fourth-order valence-electron chi connectivity index (χ4n) is 2.28.